The molecule has 3 rings (SSSR count). The van der Waals surface area contributed by atoms with E-state index in [2.05, 4.69) is 10.4 Å². The normalized spacial score (nSPS) is 29.1. The predicted molar refractivity (Wildman–Crippen MR) is 68.0 cm³/mol. The third-order valence-electron chi connectivity index (χ3n) is 4.19. The second-order valence-electron chi connectivity index (χ2n) is 5.37. The van der Waals surface area contributed by atoms with Gasteiger partial charge in [0.1, 0.15) is 6.04 Å². The van der Waals surface area contributed by atoms with Gasteiger partial charge in [0.2, 0.25) is 5.91 Å². The van der Waals surface area contributed by atoms with Crippen LogP contribution in [0.5, 0.6) is 0 Å². The van der Waals surface area contributed by atoms with Gasteiger partial charge in [0.05, 0.1) is 0 Å². The standard InChI is InChI=1S/C13H20N4O/c1-10(17-7-3-6-15-17)13(18)16-8-11-4-2-5-14-12(11)9-16/h3,6-7,10-12,14H,2,4-5,8-9H2,1H3/t10?,11-,12+/m0/s1. The first-order valence-electron chi connectivity index (χ1n) is 6.77. The fraction of sp³-hybridized carbons (Fsp3) is 0.692. The van der Waals surface area contributed by atoms with Crippen LogP contribution in [0.2, 0.25) is 0 Å². The van der Waals surface area contributed by atoms with E-state index in [1.807, 2.05) is 24.1 Å². The highest BCUT2D eigenvalue weighted by Crippen LogP contribution is 2.26. The molecule has 5 heteroatoms. The lowest BCUT2D eigenvalue weighted by Crippen LogP contribution is -2.41. The molecule has 1 N–H and O–H groups in total. The van der Waals surface area contributed by atoms with E-state index in [1.165, 1.54) is 12.8 Å². The summed E-state index contributed by atoms with van der Waals surface area (Å²) in [6.07, 6.45) is 6.05. The molecular formula is C13H20N4O. The molecule has 2 fully saturated rings. The van der Waals surface area contributed by atoms with Crippen LogP contribution in [0.25, 0.3) is 0 Å². The molecule has 98 valence electrons. The number of rotatable bonds is 2. The van der Waals surface area contributed by atoms with Crippen molar-refractivity contribution in [2.45, 2.75) is 31.8 Å². The van der Waals surface area contributed by atoms with Crippen molar-refractivity contribution in [1.29, 1.82) is 0 Å². The smallest absolute Gasteiger partial charge is 0.247 e. The van der Waals surface area contributed by atoms with Crippen LogP contribution in [0.4, 0.5) is 0 Å². The third-order valence-corrected chi connectivity index (χ3v) is 4.19. The Bertz CT molecular complexity index is 403. The second kappa shape index (κ2) is 4.72. The lowest BCUT2D eigenvalue weighted by molar-refractivity contribution is -0.133. The van der Waals surface area contributed by atoms with Gasteiger partial charge in [-0.05, 0) is 38.3 Å². The molecule has 18 heavy (non-hydrogen) atoms. The van der Waals surface area contributed by atoms with E-state index in [1.54, 1.807) is 10.9 Å². The molecule has 3 heterocycles. The summed E-state index contributed by atoms with van der Waals surface area (Å²) in [4.78, 5) is 14.4. The maximum Gasteiger partial charge on any atom is 0.247 e. The molecule has 0 aromatic carbocycles. The highest BCUT2D eigenvalue weighted by atomic mass is 16.2. The number of carbonyl (C=O) groups is 1. The van der Waals surface area contributed by atoms with Gasteiger partial charge in [0.25, 0.3) is 0 Å². The predicted octanol–water partition coefficient (Wildman–Crippen LogP) is 0.654. The quantitative estimate of drug-likeness (QED) is 0.836. The van der Waals surface area contributed by atoms with Crippen LogP contribution in [0.15, 0.2) is 18.5 Å². The number of fused-ring (bicyclic) bond motifs is 1. The van der Waals surface area contributed by atoms with Crippen molar-refractivity contribution in [3.63, 3.8) is 0 Å². The van der Waals surface area contributed by atoms with E-state index in [4.69, 9.17) is 0 Å². The Kier molecular flexibility index (Phi) is 3.07. The molecule has 1 unspecified atom stereocenters. The van der Waals surface area contributed by atoms with Gasteiger partial charge in [-0.15, -0.1) is 0 Å². The summed E-state index contributed by atoms with van der Waals surface area (Å²) in [6.45, 7) is 4.78. The van der Waals surface area contributed by atoms with Gasteiger partial charge in [0, 0.05) is 31.5 Å². The number of hydrogen-bond acceptors (Lipinski definition) is 3. The largest absolute Gasteiger partial charge is 0.339 e. The highest BCUT2D eigenvalue weighted by molar-refractivity contribution is 5.80. The van der Waals surface area contributed by atoms with Crippen LogP contribution >= 0.6 is 0 Å². The summed E-state index contributed by atoms with van der Waals surface area (Å²) in [5.74, 6) is 0.836. The molecule has 2 saturated heterocycles. The molecule has 0 aliphatic carbocycles. The van der Waals surface area contributed by atoms with Crippen LogP contribution in [0, 0.1) is 5.92 Å². The van der Waals surface area contributed by atoms with Crippen molar-refractivity contribution in [1.82, 2.24) is 20.0 Å². The Labute approximate surface area is 107 Å². The highest BCUT2D eigenvalue weighted by Gasteiger charge is 2.37. The van der Waals surface area contributed by atoms with Crippen molar-refractivity contribution in [2.24, 2.45) is 5.92 Å². The molecule has 1 aromatic heterocycles. The monoisotopic (exact) mass is 248 g/mol. The molecule has 5 nitrogen and oxygen atoms in total. The van der Waals surface area contributed by atoms with Crippen molar-refractivity contribution in [2.75, 3.05) is 19.6 Å². The summed E-state index contributed by atoms with van der Waals surface area (Å²) >= 11 is 0. The van der Waals surface area contributed by atoms with Gasteiger partial charge >= 0.3 is 0 Å². The zero-order valence-corrected chi connectivity index (χ0v) is 10.7. The Hall–Kier alpha value is -1.36. The topological polar surface area (TPSA) is 50.2 Å². The van der Waals surface area contributed by atoms with Crippen molar-refractivity contribution in [3.05, 3.63) is 18.5 Å². The van der Waals surface area contributed by atoms with Crippen molar-refractivity contribution >= 4 is 5.91 Å². The van der Waals surface area contributed by atoms with E-state index >= 15 is 0 Å². The van der Waals surface area contributed by atoms with Gasteiger partial charge in [-0.2, -0.15) is 5.10 Å². The summed E-state index contributed by atoms with van der Waals surface area (Å²) < 4.78 is 1.73. The van der Waals surface area contributed by atoms with E-state index in [0.29, 0.717) is 12.0 Å². The average Bonchev–Trinajstić information content (AvgIpc) is 3.05. The van der Waals surface area contributed by atoms with E-state index in [9.17, 15) is 4.79 Å². The minimum absolute atomic E-state index is 0.190. The van der Waals surface area contributed by atoms with Gasteiger partial charge in [-0.25, -0.2) is 0 Å². The molecule has 0 saturated carbocycles. The number of aromatic nitrogens is 2. The fourth-order valence-electron chi connectivity index (χ4n) is 3.11. The summed E-state index contributed by atoms with van der Waals surface area (Å²) in [5.41, 5.74) is 0. The molecule has 0 bridgehead atoms. The zero-order valence-electron chi connectivity index (χ0n) is 10.7. The van der Waals surface area contributed by atoms with Crippen LogP contribution in [-0.2, 0) is 4.79 Å². The molecule has 1 amide bonds. The van der Waals surface area contributed by atoms with Gasteiger partial charge in [-0.3, -0.25) is 9.48 Å². The van der Waals surface area contributed by atoms with Crippen LogP contribution < -0.4 is 5.32 Å². The van der Waals surface area contributed by atoms with Crippen molar-refractivity contribution < 1.29 is 4.79 Å². The fourth-order valence-corrected chi connectivity index (χ4v) is 3.11. The molecule has 1 aromatic rings. The number of amides is 1. The van der Waals surface area contributed by atoms with Gasteiger partial charge < -0.3 is 10.2 Å². The first-order valence-corrected chi connectivity index (χ1v) is 6.77. The summed E-state index contributed by atoms with van der Waals surface area (Å²) in [7, 11) is 0. The minimum atomic E-state index is -0.194. The van der Waals surface area contributed by atoms with Crippen LogP contribution in [0.3, 0.4) is 0 Å². The lowest BCUT2D eigenvalue weighted by atomic mass is 9.94. The van der Waals surface area contributed by atoms with Crippen molar-refractivity contribution in [3.8, 4) is 0 Å². The number of hydrogen-bond donors (Lipinski definition) is 1. The van der Waals surface area contributed by atoms with Gasteiger partial charge in [-0.1, -0.05) is 0 Å². The van der Waals surface area contributed by atoms with Crippen LogP contribution in [-0.4, -0.2) is 46.3 Å². The van der Waals surface area contributed by atoms with E-state index in [-0.39, 0.29) is 11.9 Å². The second-order valence-corrected chi connectivity index (χ2v) is 5.37. The molecule has 0 radical (unpaired) electrons. The summed E-state index contributed by atoms with van der Waals surface area (Å²) in [6, 6.07) is 2.17. The Balaban J connectivity index is 1.67. The molecule has 0 spiro atoms. The van der Waals surface area contributed by atoms with E-state index in [0.717, 1.165) is 19.6 Å². The molecular weight excluding hydrogens is 228 g/mol. The SMILES string of the molecule is CC(C(=O)N1C[C@@H]2CCCN[C@@H]2C1)n1cccn1. The lowest BCUT2D eigenvalue weighted by Gasteiger charge is -2.24. The first kappa shape index (κ1) is 11.7. The molecule has 3 atom stereocenters. The van der Waals surface area contributed by atoms with Crippen LogP contribution in [0.1, 0.15) is 25.8 Å². The number of likely N-dealkylation sites (tertiary alicyclic amines) is 1. The minimum Gasteiger partial charge on any atom is -0.339 e. The third kappa shape index (κ3) is 2.03. The maximum absolute atomic E-state index is 12.4. The number of carbonyl (C=O) groups excluding carboxylic acids is 1. The Morgan fingerprint density at radius 1 is 1.50 bits per heavy atom. The van der Waals surface area contributed by atoms with E-state index < -0.39 is 0 Å². The maximum atomic E-state index is 12.4. The first-order chi connectivity index (χ1) is 8.75. The number of nitrogens with one attached hydrogen (secondary N) is 1. The Morgan fingerprint density at radius 3 is 3.11 bits per heavy atom. The molecule has 2 aliphatic heterocycles. The Morgan fingerprint density at radius 2 is 2.39 bits per heavy atom. The molecule has 2 aliphatic rings. The zero-order chi connectivity index (χ0) is 12.5. The summed E-state index contributed by atoms with van der Waals surface area (Å²) in [5, 5.41) is 7.68. The number of nitrogens with zero attached hydrogens (tertiary/aromatic N) is 3. The van der Waals surface area contributed by atoms with Gasteiger partial charge in [0.15, 0.2) is 0 Å². The number of piperidine rings is 1. The average molecular weight is 248 g/mol.